The highest BCUT2D eigenvalue weighted by atomic mass is 32.2. The van der Waals surface area contributed by atoms with Crippen molar-refractivity contribution in [3.63, 3.8) is 0 Å². The molecule has 4 nitrogen and oxygen atoms in total. The minimum atomic E-state index is 0.588. The third-order valence-corrected chi connectivity index (χ3v) is 4.94. The van der Waals surface area contributed by atoms with Gasteiger partial charge in [-0.1, -0.05) is 13.8 Å². The number of hydrogen-bond donors (Lipinski definition) is 2. The summed E-state index contributed by atoms with van der Waals surface area (Å²) in [5, 5.41) is 8.42. The van der Waals surface area contributed by atoms with Crippen LogP contribution in [0.4, 0.5) is 0 Å². The van der Waals surface area contributed by atoms with Gasteiger partial charge in [0, 0.05) is 42.9 Å². The Labute approximate surface area is 124 Å². The summed E-state index contributed by atoms with van der Waals surface area (Å²) in [5.74, 6) is 0.869. The number of nitrogens with one attached hydrogen (secondary N) is 2. The molecular weight excluding hydrogens is 276 g/mol. The number of guanidine groups is 1. The van der Waals surface area contributed by atoms with Crippen molar-refractivity contribution in [2.75, 3.05) is 26.4 Å². The molecule has 0 saturated carbocycles. The van der Waals surface area contributed by atoms with Gasteiger partial charge in [-0.3, -0.25) is 4.99 Å². The minimum Gasteiger partial charge on any atom is -0.356 e. The predicted molar refractivity (Wildman–Crippen MR) is 87.5 cm³/mol. The number of thioether (sulfide) groups is 1. The molecule has 1 atom stereocenters. The maximum atomic E-state index is 4.41. The summed E-state index contributed by atoms with van der Waals surface area (Å²) in [7, 11) is 1.80. The van der Waals surface area contributed by atoms with Gasteiger partial charge in [-0.25, -0.2) is 4.98 Å². The van der Waals surface area contributed by atoms with E-state index < -0.39 is 0 Å². The maximum absolute atomic E-state index is 4.41. The van der Waals surface area contributed by atoms with Crippen LogP contribution in [-0.4, -0.2) is 42.6 Å². The van der Waals surface area contributed by atoms with Crippen LogP contribution >= 0.6 is 23.1 Å². The Morgan fingerprint density at radius 3 is 2.89 bits per heavy atom. The van der Waals surface area contributed by atoms with Crippen LogP contribution in [0.1, 0.15) is 23.7 Å². The molecule has 1 rings (SSSR count). The fraction of sp³-hybridized carbons (Fsp3) is 0.692. The molecule has 0 spiro atoms. The molecule has 2 N–H and O–H groups in total. The molecule has 0 saturated heterocycles. The summed E-state index contributed by atoms with van der Waals surface area (Å²) >= 11 is 3.65. The second-order valence-corrected chi connectivity index (χ2v) is 6.73. The zero-order valence-electron chi connectivity index (χ0n) is 12.2. The van der Waals surface area contributed by atoms with Crippen LogP contribution in [0.3, 0.4) is 0 Å². The summed E-state index contributed by atoms with van der Waals surface area (Å²) in [4.78, 5) is 9.98. The molecule has 0 aliphatic heterocycles. The molecule has 1 unspecified atom stereocenters. The zero-order valence-corrected chi connectivity index (χ0v) is 13.8. The number of nitrogens with zero attached hydrogens (tertiary/aromatic N) is 2. The fourth-order valence-electron chi connectivity index (χ4n) is 1.46. The lowest BCUT2D eigenvalue weighted by molar-refractivity contribution is 0.779. The van der Waals surface area contributed by atoms with E-state index in [1.807, 2.05) is 18.0 Å². The quantitative estimate of drug-likeness (QED) is 0.598. The van der Waals surface area contributed by atoms with Crippen molar-refractivity contribution in [3.05, 3.63) is 16.1 Å². The molecule has 0 aliphatic rings. The van der Waals surface area contributed by atoms with Crippen molar-refractivity contribution in [2.24, 2.45) is 4.99 Å². The molecular formula is C13H24N4S2. The molecule has 1 heterocycles. The first kappa shape index (κ1) is 16.3. The number of hydrogen-bond acceptors (Lipinski definition) is 4. The van der Waals surface area contributed by atoms with E-state index in [1.54, 1.807) is 18.4 Å². The largest absolute Gasteiger partial charge is 0.356 e. The van der Waals surface area contributed by atoms with E-state index in [9.17, 15) is 0 Å². The summed E-state index contributed by atoms with van der Waals surface area (Å²) in [6.07, 6.45) is 6.12. The van der Waals surface area contributed by atoms with Crippen LogP contribution in [0.25, 0.3) is 0 Å². The number of thiazole rings is 1. The molecule has 1 aromatic heterocycles. The van der Waals surface area contributed by atoms with E-state index in [0.29, 0.717) is 5.25 Å². The molecule has 19 heavy (non-hydrogen) atoms. The monoisotopic (exact) mass is 300 g/mol. The first-order valence-corrected chi connectivity index (χ1v) is 8.70. The third-order valence-electron chi connectivity index (χ3n) is 2.76. The lowest BCUT2D eigenvalue weighted by Gasteiger charge is -2.14. The maximum Gasteiger partial charge on any atom is 0.191 e. The zero-order chi connectivity index (χ0) is 14.1. The van der Waals surface area contributed by atoms with Crippen LogP contribution in [0.5, 0.6) is 0 Å². The lowest BCUT2D eigenvalue weighted by atomic mass is 10.4. The van der Waals surface area contributed by atoms with Crippen molar-refractivity contribution >= 4 is 29.1 Å². The van der Waals surface area contributed by atoms with E-state index >= 15 is 0 Å². The van der Waals surface area contributed by atoms with Gasteiger partial charge in [-0.2, -0.15) is 11.8 Å². The van der Waals surface area contributed by atoms with Crippen LogP contribution in [0.15, 0.2) is 11.2 Å². The molecule has 0 radical (unpaired) electrons. The molecule has 0 fully saturated rings. The van der Waals surface area contributed by atoms with E-state index in [0.717, 1.165) is 31.9 Å². The van der Waals surface area contributed by atoms with Crippen LogP contribution in [-0.2, 0) is 12.8 Å². The molecule has 0 aromatic carbocycles. The van der Waals surface area contributed by atoms with Gasteiger partial charge in [0.1, 0.15) is 0 Å². The Morgan fingerprint density at radius 2 is 2.32 bits per heavy atom. The number of aryl methyl sites for hydroxylation is 1. The molecule has 0 aliphatic carbocycles. The summed E-state index contributed by atoms with van der Waals surface area (Å²) < 4.78 is 0. The van der Waals surface area contributed by atoms with Gasteiger partial charge in [0.2, 0.25) is 0 Å². The van der Waals surface area contributed by atoms with E-state index in [1.165, 1.54) is 9.88 Å². The van der Waals surface area contributed by atoms with Gasteiger partial charge in [-0.05, 0) is 12.7 Å². The second kappa shape index (κ2) is 9.20. The molecule has 6 heteroatoms. The van der Waals surface area contributed by atoms with Gasteiger partial charge in [0.15, 0.2) is 5.96 Å². The third kappa shape index (κ3) is 6.29. The summed E-state index contributed by atoms with van der Waals surface area (Å²) in [6.45, 7) is 6.16. The van der Waals surface area contributed by atoms with Crippen molar-refractivity contribution in [2.45, 2.75) is 31.9 Å². The smallest absolute Gasteiger partial charge is 0.191 e. The summed E-state index contributed by atoms with van der Waals surface area (Å²) in [5.41, 5.74) is 0. The Balaban J connectivity index is 2.26. The second-order valence-electron chi connectivity index (χ2n) is 4.25. The van der Waals surface area contributed by atoms with Crippen LogP contribution in [0, 0.1) is 0 Å². The van der Waals surface area contributed by atoms with E-state index in [-0.39, 0.29) is 0 Å². The minimum absolute atomic E-state index is 0.588. The number of aliphatic imine (C=N–C) groups is 1. The lowest BCUT2D eigenvalue weighted by Crippen LogP contribution is -2.40. The van der Waals surface area contributed by atoms with Gasteiger partial charge >= 0.3 is 0 Å². The topological polar surface area (TPSA) is 49.3 Å². The van der Waals surface area contributed by atoms with Crippen molar-refractivity contribution in [1.29, 1.82) is 0 Å². The molecule has 0 amide bonds. The van der Waals surface area contributed by atoms with Crippen LogP contribution in [0.2, 0.25) is 0 Å². The van der Waals surface area contributed by atoms with Gasteiger partial charge in [-0.15, -0.1) is 11.3 Å². The highest BCUT2D eigenvalue weighted by molar-refractivity contribution is 7.99. The van der Waals surface area contributed by atoms with E-state index in [4.69, 9.17) is 0 Å². The Bertz CT molecular complexity index is 390. The van der Waals surface area contributed by atoms with Gasteiger partial charge < -0.3 is 10.6 Å². The SMILES string of the molecule is CCc1cnc(CCNC(=NC)NCC(C)SC)s1. The van der Waals surface area contributed by atoms with Crippen LogP contribution < -0.4 is 10.6 Å². The fourth-order valence-corrected chi connectivity index (χ4v) is 2.57. The highest BCUT2D eigenvalue weighted by Crippen LogP contribution is 2.13. The molecule has 0 bridgehead atoms. The molecule has 1 aromatic rings. The average molecular weight is 300 g/mol. The normalized spacial score (nSPS) is 13.4. The Morgan fingerprint density at radius 1 is 1.53 bits per heavy atom. The van der Waals surface area contributed by atoms with Gasteiger partial charge in [0.25, 0.3) is 0 Å². The predicted octanol–water partition coefficient (Wildman–Crippen LogP) is 2.16. The van der Waals surface area contributed by atoms with Crippen molar-refractivity contribution in [3.8, 4) is 0 Å². The Hall–Kier alpha value is -0.750. The summed E-state index contributed by atoms with van der Waals surface area (Å²) in [6, 6.07) is 0. The number of rotatable bonds is 7. The Kier molecular flexibility index (Phi) is 7.90. The number of aromatic nitrogens is 1. The average Bonchev–Trinajstić information content (AvgIpc) is 2.90. The highest BCUT2D eigenvalue weighted by Gasteiger charge is 2.03. The standard InChI is InChI=1S/C13H24N4S2/c1-5-11-9-16-12(19-11)6-7-15-13(14-3)17-8-10(2)18-4/h9-10H,5-8H2,1-4H3,(H2,14,15,17). The van der Waals surface area contributed by atoms with Gasteiger partial charge in [0.05, 0.1) is 5.01 Å². The van der Waals surface area contributed by atoms with Crippen molar-refractivity contribution in [1.82, 2.24) is 15.6 Å². The first-order chi connectivity index (χ1) is 9.19. The first-order valence-electron chi connectivity index (χ1n) is 6.60. The van der Waals surface area contributed by atoms with E-state index in [2.05, 4.69) is 40.7 Å². The molecule has 108 valence electrons. The van der Waals surface area contributed by atoms with Crippen molar-refractivity contribution < 1.29 is 0 Å².